The quantitative estimate of drug-likeness (QED) is 0.822. The fourth-order valence-corrected chi connectivity index (χ4v) is 2.18. The Bertz CT molecular complexity index is 669. The first kappa shape index (κ1) is 17.7. The van der Waals surface area contributed by atoms with Crippen molar-refractivity contribution in [3.8, 4) is 0 Å². The molecular formula is C19H22N2O3. The molecule has 0 aliphatic rings. The highest BCUT2D eigenvalue weighted by Crippen LogP contribution is 2.11. The Hall–Kier alpha value is -2.66. The Balaban J connectivity index is 1.68. The lowest BCUT2D eigenvalue weighted by Crippen LogP contribution is -2.31. The van der Waals surface area contributed by atoms with Crippen molar-refractivity contribution in [1.29, 1.82) is 0 Å². The van der Waals surface area contributed by atoms with E-state index in [0.29, 0.717) is 5.69 Å². The molecule has 0 spiro atoms. The van der Waals surface area contributed by atoms with E-state index in [-0.39, 0.29) is 31.1 Å². The second-order valence-corrected chi connectivity index (χ2v) is 5.61. The van der Waals surface area contributed by atoms with Crippen LogP contribution in [0.2, 0.25) is 0 Å². The zero-order chi connectivity index (χ0) is 17.4. The molecule has 0 saturated carbocycles. The van der Waals surface area contributed by atoms with Crippen molar-refractivity contribution in [3.05, 3.63) is 65.7 Å². The highest BCUT2D eigenvalue weighted by molar-refractivity contribution is 5.91. The molecule has 0 radical (unpaired) electrons. The van der Waals surface area contributed by atoms with Gasteiger partial charge in [0.15, 0.2) is 0 Å². The van der Waals surface area contributed by atoms with E-state index in [9.17, 15) is 9.59 Å². The van der Waals surface area contributed by atoms with Gasteiger partial charge in [0.2, 0.25) is 11.8 Å². The van der Waals surface area contributed by atoms with Gasteiger partial charge in [0, 0.05) is 5.69 Å². The Labute approximate surface area is 142 Å². The van der Waals surface area contributed by atoms with E-state index in [4.69, 9.17) is 4.74 Å². The van der Waals surface area contributed by atoms with Crippen LogP contribution in [0.3, 0.4) is 0 Å². The van der Waals surface area contributed by atoms with Gasteiger partial charge in [-0.2, -0.15) is 0 Å². The molecule has 0 aliphatic carbocycles. The Morgan fingerprint density at radius 3 is 2.25 bits per heavy atom. The molecule has 5 heteroatoms. The minimum Gasteiger partial charge on any atom is -0.362 e. The summed E-state index contributed by atoms with van der Waals surface area (Å²) in [7, 11) is 0. The monoisotopic (exact) mass is 326 g/mol. The zero-order valence-electron chi connectivity index (χ0n) is 13.9. The summed E-state index contributed by atoms with van der Waals surface area (Å²) in [5, 5.41) is 5.54. The predicted octanol–water partition coefficient (Wildman–Crippen LogP) is 2.83. The third-order valence-electron chi connectivity index (χ3n) is 3.48. The van der Waals surface area contributed by atoms with E-state index in [1.165, 1.54) is 0 Å². The molecule has 5 nitrogen and oxygen atoms in total. The van der Waals surface area contributed by atoms with Gasteiger partial charge in [0.05, 0.1) is 6.04 Å². The molecule has 2 aromatic carbocycles. The number of carbonyl (C=O) groups excluding carboxylic acids is 2. The maximum absolute atomic E-state index is 11.8. The van der Waals surface area contributed by atoms with Crippen molar-refractivity contribution in [2.45, 2.75) is 19.9 Å². The van der Waals surface area contributed by atoms with E-state index >= 15 is 0 Å². The van der Waals surface area contributed by atoms with Gasteiger partial charge < -0.3 is 15.4 Å². The molecule has 0 fully saturated rings. The van der Waals surface area contributed by atoms with Crippen LogP contribution >= 0.6 is 0 Å². The Morgan fingerprint density at radius 1 is 0.958 bits per heavy atom. The van der Waals surface area contributed by atoms with Crippen molar-refractivity contribution in [2.75, 3.05) is 18.5 Å². The van der Waals surface area contributed by atoms with Crippen LogP contribution in [0.15, 0.2) is 54.6 Å². The summed E-state index contributed by atoms with van der Waals surface area (Å²) in [6.45, 7) is 3.56. The van der Waals surface area contributed by atoms with Crippen LogP contribution in [0.25, 0.3) is 0 Å². The maximum atomic E-state index is 11.8. The first-order valence-corrected chi connectivity index (χ1v) is 7.83. The predicted molar refractivity (Wildman–Crippen MR) is 93.6 cm³/mol. The van der Waals surface area contributed by atoms with Crippen molar-refractivity contribution in [3.63, 3.8) is 0 Å². The number of ether oxygens (including phenoxy) is 1. The SMILES string of the molecule is Cc1ccc(NC(=O)COCC(=O)N[C@@H](C)c2ccccc2)cc1. The second-order valence-electron chi connectivity index (χ2n) is 5.61. The van der Waals surface area contributed by atoms with Gasteiger partial charge >= 0.3 is 0 Å². The van der Waals surface area contributed by atoms with Crippen molar-refractivity contribution in [1.82, 2.24) is 5.32 Å². The fraction of sp³-hybridized carbons (Fsp3) is 0.263. The van der Waals surface area contributed by atoms with Crippen LogP contribution in [0.4, 0.5) is 5.69 Å². The summed E-state index contributed by atoms with van der Waals surface area (Å²) < 4.78 is 5.17. The highest BCUT2D eigenvalue weighted by Gasteiger charge is 2.10. The van der Waals surface area contributed by atoms with Gasteiger partial charge in [0.1, 0.15) is 13.2 Å². The summed E-state index contributed by atoms with van der Waals surface area (Å²) >= 11 is 0. The largest absolute Gasteiger partial charge is 0.362 e. The van der Waals surface area contributed by atoms with E-state index in [0.717, 1.165) is 11.1 Å². The lowest BCUT2D eigenvalue weighted by Gasteiger charge is -2.14. The van der Waals surface area contributed by atoms with Crippen LogP contribution in [-0.2, 0) is 14.3 Å². The van der Waals surface area contributed by atoms with E-state index in [2.05, 4.69) is 10.6 Å². The standard InChI is InChI=1S/C19H22N2O3/c1-14-8-10-17(11-9-14)21-19(23)13-24-12-18(22)20-15(2)16-6-4-3-5-7-16/h3-11,15H,12-13H2,1-2H3,(H,20,22)(H,21,23)/t15-/m0/s1. The van der Waals surface area contributed by atoms with Crippen molar-refractivity contribution in [2.24, 2.45) is 0 Å². The average Bonchev–Trinajstić information content (AvgIpc) is 2.57. The molecular weight excluding hydrogens is 304 g/mol. The van der Waals surface area contributed by atoms with E-state index < -0.39 is 0 Å². The number of benzene rings is 2. The van der Waals surface area contributed by atoms with Crippen LogP contribution < -0.4 is 10.6 Å². The third-order valence-corrected chi connectivity index (χ3v) is 3.48. The molecule has 0 aromatic heterocycles. The van der Waals surface area contributed by atoms with Gasteiger partial charge in [-0.05, 0) is 31.5 Å². The summed E-state index contributed by atoms with van der Waals surface area (Å²) in [4.78, 5) is 23.6. The lowest BCUT2D eigenvalue weighted by molar-refractivity contribution is -0.129. The first-order valence-electron chi connectivity index (χ1n) is 7.83. The summed E-state index contributed by atoms with van der Waals surface area (Å²) in [5.41, 5.74) is 2.84. The smallest absolute Gasteiger partial charge is 0.250 e. The zero-order valence-corrected chi connectivity index (χ0v) is 13.9. The topological polar surface area (TPSA) is 67.4 Å². The molecule has 0 unspecified atom stereocenters. The summed E-state index contributed by atoms with van der Waals surface area (Å²) in [6, 6.07) is 17.0. The minimum absolute atomic E-state index is 0.108. The van der Waals surface area contributed by atoms with Crippen molar-refractivity contribution >= 4 is 17.5 Å². The Morgan fingerprint density at radius 2 is 1.58 bits per heavy atom. The number of rotatable bonds is 7. The fourth-order valence-electron chi connectivity index (χ4n) is 2.18. The number of nitrogens with one attached hydrogen (secondary N) is 2. The van der Waals surface area contributed by atoms with Crippen LogP contribution in [0.1, 0.15) is 24.1 Å². The number of anilines is 1. The number of hydrogen-bond donors (Lipinski definition) is 2. The number of hydrogen-bond acceptors (Lipinski definition) is 3. The molecule has 24 heavy (non-hydrogen) atoms. The maximum Gasteiger partial charge on any atom is 0.250 e. The van der Waals surface area contributed by atoms with E-state index in [1.54, 1.807) is 0 Å². The normalized spacial score (nSPS) is 11.6. The minimum atomic E-state index is -0.289. The molecule has 2 aromatic rings. The molecule has 126 valence electrons. The van der Waals surface area contributed by atoms with Crippen molar-refractivity contribution < 1.29 is 14.3 Å². The molecule has 0 bridgehead atoms. The molecule has 2 rings (SSSR count). The first-order chi connectivity index (χ1) is 11.5. The molecule has 0 aliphatic heterocycles. The highest BCUT2D eigenvalue weighted by atomic mass is 16.5. The van der Waals surface area contributed by atoms with Crippen LogP contribution in [0.5, 0.6) is 0 Å². The van der Waals surface area contributed by atoms with Gasteiger partial charge in [-0.25, -0.2) is 0 Å². The number of amides is 2. The van der Waals surface area contributed by atoms with Crippen LogP contribution in [0, 0.1) is 6.92 Å². The van der Waals surface area contributed by atoms with Crippen LogP contribution in [-0.4, -0.2) is 25.0 Å². The molecule has 0 saturated heterocycles. The van der Waals surface area contributed by atoms with Gasteiger partial charge in [-0.3, -0.25) is 9.59 Å². The molecule has 1 atom stereocenters. The molecule has 0 heterocycles. The summed E-state index contributed by atoms with van der Waals surface area (Å²) in [5.74, 6) is -0.544. The molecule has 2 amide bonds. The molecule has 2 N–H and O–H groups in total. The lowest BCUT2D eigenvalue weighted by atomic mass is 10.1. The van der Waals surface area contributed by atoms with Gasteiger partial charge in [-0.1, -0.05) is 48.0 Å². The van der Waals surface area contributed by atoms with Gasteiger partial charge in [0.25, 0.3) is 0 Å². The third kappa shape index (κ3) is 5.85. The summed E-state index contributed by atoms with van der Waals surface area (Å²) in [6.07, 6.45) is 0. The van der Waals surface area contributed by atoms with E-state index in [1.807, 2.05) is 68.4 Å². The second kappa shape index (κ2) is 8.84. The Kier molecular flexibility index (Phi) is 6.51. The van der Waals surface area contributed by atoms with Gasteiger partial charge in [-0.15, -0.1) is 0 Å². The number of aryl methyl sites for hydroxylation is 1. The number of carbonyl (C=O) groups is 2. The average molecular weight is 326 g/mol.